The number of nitro benzene ring substituents is 1. The number of carbonyl (C=O) groups is 2. The molecule has 1 saturated heterocycles. The molecule has 0 bridgehead atoms. The smallest absolute Gasteiger partial charge is 0.345 e. The monoisotopic (exact) mass is 550 g/mol. The minimum atomic E-state index is -4.13. The van der Waals surface area contributed by atoms with E-state index in [1.165, 1.54) is 40.7 Å². The van der Waals surface area contributed by atoms with E-state index >= 15 is 0 Å². The van der Waals surface area contributed by atoms with E-state index in [1.807, 2.05) is 6.92 Å². The van der Waals surface area contributed by atoms with Gasteiger partial charge in [0.1, 0.15) is 5.57 Å². The molecule has 1 aliphatic rings. The van der Waals surface area contributed by atoms with Crippen molar-refractivity contribution in [2.45, 2.75) is 30.3 Å². The molecule has 1 fully saturated rings. The average molecular weight is 551 g/mol. The number of non-ortho nitro benzene ring substituents is 1. The maximum absolute atomic E-state index is 13.9. The molecule has 11 heteroatoms. The number of nitro groups is 1. The van der Waals surface area contributed by atoms with E-state index < -0.39 is 44.5 Å². The van der Waals surface area contributed by atoms with Gasteiger partial charge in [-0.25, -0.2) is 18.0 Å². The second kappa shape index (κ2) is 11.2. The van der Waals surface area contributed by atoms with Crippen molar-refractivity contribution in [3.8, 4) is 0 Å². The van der Waals surface area contributed by atoms with E-state index in [4.69, 9.17) is 9.47 Å². The maximum Gasteiger partial charge on any atom is 0.345 e. The first-order valence-electron chi connectivity index (χ1n) is 11.9. The van der Waals surface area contributed by atoms with Crippen molar-refractivity contribution in [1.82, 2.24) is 4.31 Å². The predicted molar refractivity (Wildman–Crippen MR) is 141 cm³/mol. The van der Waals surface area contributed by atoms with Crippen molar-refractivity contribution < 1.29 is 32.4 Å². The van der Waals surface area contributed by atoms with Crippen LogP contribution in [0.5, 0.6) is 0 Å². The normalized spacial score (nSPS) is 18.1. The molecule has 202 valence electrons. The predicted octanol–water partition coefficient (Wildman–Crippen LogP) is 3.90. The first-order chi connectivity index (χ1) is 18.6. The minimum Gasteiger partial charge on any atom is -0.465 e. The molecule has 1 heterocycles. The summed E-state index contributed by atoms with van der Waals surface area (Å²) in [5.41, 5.74) is 1.68. The Morgan fingerprint density at radius 3 is 1.97 bits per heavy atom. The number of sulfonamides is 1. The molecule has 3 atom stereocenters. The second-order valence-corrected chi connectivity index (χ2v) is 10.8. The van der Waals surface area contributed by atoms with E-state index in [9.17, 15) is 28.1 Å². The van der Waals surface area contributed by atoms with Gasteiger partial charge in [0.15, 0.2) is 0 Å². The largest absolute Gasteiger partial charge is 0.465 e. The van der Waals surface area contributed by atoms with Crippen LogP contribution in [-0.4, -0.2) is 49.8 Å². The molecule has 10 nitrogen and oxygen atoms in total. The number of methoxy groups -OCH3 is 2. The molecule has 0 aromatic heterocycles. The van der Waals surface area contributed by atoms with Crippen molar-refractivity contribution >= 4 is 27.6 Å². The number of esters is 2. The van der Waals surface area contributed by atoms with Gasteiger partial charge in [-0.2, -0.15) is 4.31 Å². The molecule has 0 radical (unpaired) electrons. The second-order valence-electron chi connectivity index (χ2n) is 8.93. The summed E-state index contributed by atoms with van der Waals surface area (Å²) in [4.78, 5) is 36.4. The third kappa shape index (κ3) is 5.59. The van der Waals surface area contributed by atoms with Crippen LogP contribution in [-0.2, 0) is 35.5 Å². The number of benzene rings is 3. The van der Waals surface area contributed by atoms with Crippen LogP contribution in [0, 0.1) is 17.0 Å². The van der Waals surface area contributed by atoms with Gasteiger partial charge in [-0.05, 0) is 42.2 Å². The number of hydrogen-bond donors (Lipinski definition) is 0. The number of rotatable bonds is 9. The van der Waals surface area contributed by atoms with Crippen LogP contribution in [0.4, 0.5) is 5.69 Å². The van der Waals surface area contributed by atoms with E-state index in [2.05, 4.69) is 0 Å². The van der Waals surface area contributed by atoms with E-state index in [1.54, 1.807) is 42.5 Å². The molecule has 0 spiro atoms. The minimum absolute atomic E-state index is 0.0271. The van der Waals surface area contributed by atoms with Gasteiger partial charge in [-0.1, -0.05) is 60.2 Å². The summed E-state index contributed by atoms with van der Waals surface area (Å²) in [5.74, 6) is -1.93. The van der Waals surface area contributed by atoms with Crippen LogP contribution < -0.4 is 0 Å². The SMILES string of the molecule is COC(=O)C(C(=O)OC)=C(Cc1ccccc1)[C@@H]1[C@H](c2ccc([N+](=O)[O-])cc2)N1S(=O)(=O)c1ccc(C)cc1. The fraction of sp³-hybridized carbons (Fsp3) is 0.214. The van der Waals surface area contributed by atoms with Crippen LogP contribution in [0.1, 0.15) is 22.7 Å². The van der Waals surface area contributed by atoms with Crippen molar-refractivity contribution in [1.29, 1.82) is 0 Å². The summed E-state index contributed by atoms with van der Waals surface area (Å²) < 4.78 is 38.8. The molecular formula is C28H26N2O8S. The van der Waals surface area contributed by atoms with E-state index in [0.29, 0.717) is 5.56 Å². The zero-order valence-electron chi connectivity index (χ0n) is 21.4. The standard InChI is InChI=1S/C28H26N2O8S/c1-18-9-15-22(16-10-18)39(35,36)29-25(20-11-13-21(14-12-20)30(33)34)26(29)23(17-19-7-5-4-6-8-19)24(27(31)37-2)28(32)38-3/h4-16,25-26H,17H2,1-3H3/t25-,26+,29?/m0/s1. The Morgan fingerprint density at radius 2 is 1.46 bits per heavy atom. The van der Waals surface area contributed by atoms with E-state index in [-0.39, 0.29) is 22.6 Å². The summed E-state index contributed by atoms with van der Waals surface area (Å²) >= 11 is 0. The Hall–Kier alpha value is -4.35. The van der Waals surface area contributed by atoms with Crippen molar-refractivity contribution in [2.75, 3.05) is 14.2 Å². The number of carbonyl (C=O) groups excluding carboxylic acids is 2. The molecule has 3 aromatic rings. The Labute approximate surface area is 225 Å². The molecule has 4 rings (SSSR count). The first-order valence-corrected chi connectivity index (χ1v) is 13.3. The third-order valence-corrected chi connectivity index (χ3v) is 8.37. The van der Waals surface area contributed by atoms with Gasteiger partial charge in [0.2, 0.25) is 10.0 Å². The van der Waals surface area contributed by atoms with Crippen molar-refractivity contribution in [3.05, 3.63) is 117 Å². The molecule has 3 aromatic carbocycles. The number of aryl methyl sites for hydroxylation is 1. The summed E-state index contributed by atoms with van der Waals surface area (Å²) in [7, 11) is -1.89. The van der Waals surface area contributed by atoms with Crippen LogP contribution in [0.3, 0.4) is 0 Å². The van der Waals surface area contributed by atoms with Gasteiger partial charge in [0, 0.05) is 12.1 Å². The van der Waals surface area contributed by atoms with Gasteiger partial charge in [0.25, 0.3) is 5.69 Å². The molecule has 1 unspecified atom stereocenters. The fourth-order valence-corrected chi connectivity index (χ4v) is 6.26. The number of hydrogen-bond acceptors (Lipinski definition) is 8. The number of ether oxygens (including phenoxy) is 2. The molecule has 39 heavy (non-hydrogen) atoms. The van der Waals surface area contributed by atoms with Gasteiger partial charge >= 0.3 is 11.9 Å². The van der Waals surface area contributed by atoms with Gasteiger partial charge in [0.05, 0.1) is 36.1 Å². The molecular weight excluding hydrogens is 524 g/mol. The summed E-state index contributed by atoms with van der Waals surface area (Å²) in [5, 5.41) is 11.2. The first kappa shape index (κ1) is 27.7. The van der Waals surface area contributed by atoms with Crippen LogP contribution in [0.2, 0.25) is 0 Å². The van der Waals surface area contributed by atoms with E-state index in [0.717, 1.165) is 25.3 Å². The summed E-state index contributed by atoms with van der Waals surface area (Å²) in [6.07, 6.45) is 0.0500. The van der Waals surface area contributed by atoms with Crippen molar-refractivity contribution in [2.24, 2.45) is 0 Å². The average Bonchev–Trinajstić information content (AvgIpc) is 3.70. The molecule has 0 aliphatic carbocycles. The lowest BCUT2D eigenvalue weighted by Gasteiger charge is -2.14. The van der Waals surface area contributed by atoms with Crippen LogP contribution in [0.15, 0.2) is 94.9 Å². The highest BCUT2D eigenvalue weighted by Gasteiger charge is 2.59. The molecule has 0 N–H and O–H groups in total. The molecule has 0 saturated carbocycles. The Balaban J connectivity index is 1.93. The molecule has 0 amide bonds. The Kier molecular flexibility index (Phi) is 7.93. The number of nitrogens with zero attached hydrogens (tertiary/aromatic N) is 2. The lowest BCUT2D eigenvalue weighted by molar-refractivity contribution is -0.384. The highest BCUT2D eigenvalue weighted by atomic mass is 32.2. The quantitative estimate of drug-likeness (QED) is 0.0745. The zero-order valence-corrected chi connectivity index (χ0v) is 22.3. The zero-order chi connectivity index (χ0) is 28.3. The van der Waals surface area contributed by atoms with Crippen LogP contribution >= 0.6 is 0 Å². The van der Waals surface area contributed by atoms with Gasteiger partial charge in [-0.3, -0.25) is 10.1 Å². The lowest BCUT2D eigenvalue weighted by Crippen LogP contribution is -2.23. The Bertz CT molecular complexity index is 1510. The maximum atomic E-state index is 13.9. The Morgan fingerprint density at radius 1 is 0.897 bits per heavy atom. The molecule has 1 aliphatic heterocycles. The summed E-state index contributed by atoms with van der Waals surface area (Å²) in [6.45, 7) is 1.83. The van der Waals surface area contributed by atoms with Gasteiger partial charge < -0.3 is 9.47 Å². The summed E-state index contributed by atoms with van der Waals surface area (Å²) in [6, 6.07) is 18.9. The topological polar surface area (TPSA) is 133 Å². The van der Waals surface area contributed by atoms with Gasteiger partial charge in [-0.15, -0.1) is 0 Å². The lowest BCUT2D eigenvalue weighted by atomic mass is 9.93. The third-order valence-electron chi connectivity index (χ3n) is 6.49. The van der Waals surface area contributed by atoms with Crippen molar-refractivity contribution in [3.63, 3.8) is 0 Å². The highest BCUT2D eigenvalue weighted by molar-refractivity contribution is 7.89. The fourth-order valence-electron chi connectivity index (χ4n) is 4.52. The van der Waals surface area contributed by atoms with Crippen LogP contribution in [0.25, 0.3) is 0 Å². The highest BCUT2D eigenvalue weighted by Crippen LogP contribution is 2.52.